The van der Waals surface area contributed by atoms with Crippen LogP contribution in [0.1, 0.15) is 10.4 Å². The van der Waals surface area contributed by atoms with Crippen molar-refractivity contribution in [2.45, 2.75) is 6.61 Å². The Labute approximate surface area is 208 Å². The summed E-state index contributed by atoms with van der Waals surface area (Å²) < 4.78 is 42.0. The number of imidazole rings is 1. The molecule has 2 heterocycles. The first-order valence-corrected chi connectivity index (χ1v) is 11.1. The molecule has 10 heteroatoms. The topological polar surface area (TPSA) is 78.5 Å². The van der Waals surface area contributed by atoms with Crippen molar-refractivity contribution in [1.29, 1.82) is 0 Å². The highest BCUT2D eigenvalue weighted by Crippen LogP contribution is 2.31. The highest BCUT2D eigenvalue weighted by molar-refractivity contribution is 6.31. The first-order chi connectivity index (χ1) is 17.4. The van der Waals surface area contributed by atoms with Crippen LogP contribution in [0.15, 0.2) is 83.4 Å². The first kappa shape index (κ1) is 23.4. The first-order valence-electron chi connectivity index (χ1n) is 10.7. The van der Waals surface area contributed by atoms with E-state index >= 15 is 0 Å². The number of methoxy groups -OCH3 is 1. The monoisotopic (exact) mass is 509 g/mol. The molecule has 5 aromatic rings. The van der Waals surface area contributed by atoms with E-state index in [1.807, 2.05) is 18.2 Å². The van der Waals surface area contributed by atoms with Gasteiger partial charge in [-0.2, -0.15) is 8.78 Å². The number of anilines is 1. The number of fused-ring (bicyclic) bond motifs is 1. The summed E-state index contributed by atoms with van der Waals surface area (Å²) in [4.78, 5) is 17.5. The molecule has 0 saturated heterocycles. The summed E-state index contributed by atoms with van der Waals surface area (Å²) in [5.41, 5.74) is 2.07. The number of amides is 1. The van der Waals surface area contributed by atoms with Crippen molar-refractivity contribution < 1.29 is 27.5 Å². The molecule has 7 nitrogen and oxygen atoms in total. The van der Waals surface area contributed by atoms with Crippen LogP contribution in [-0.4, -0.2) is 29.2 Å². The van der Waals surface area contributed by atoms with Crippen molar-refractivity contribution in [2.24, 2.45) is 0 Å². The van der Waals surface area contributed by atoms with Gasteiger partial charge in [-0.15, -0.1) is 0 Å². The highest BCUT2D eigenvalue weighted by Gasteiger charge is 2.18. The molecule has 2 aromatic heterocycles. The Morgan fingerprint density at radius 3 is 2.44 bits per heavy atom. The normalized spacial score (nSPS) is 11.1. The molecule has 5 rings (SSSR count). The van der Waals surface area contributed by atoms with Crippen molar-refractivity contribution in [3.63, 3.8) is 0 Å². The summed E-state index contributed by atoms with van der Waals surface area (Å²) in [5.74, 6) is 0.857. The fraction of sp³-hybridized carbons (Fsp3) is 0.0769. The van der Waals surface area contributed by atoms with Crippen LogP contribution in [0.5, 0.6) is 11.5 Å². The number of nitrogens with zero attached hydrogens (tertiary/aromatic N) is 2. The zero-order valence-electron chi connectivity index (χ0n) is 18.7. The average molecular weight is 510 g/mol. The quantitative estimate of drug-likeness (QED) is 0.261. The summed E-state index contributed by atoms with van der Waals surface area (Å²) in [6, 6.07) is 19.7. The number of ether oxygens (including phenoxy) is 2. The molecule has 36 heavy (non-hydrogen) atoms. The number of alkyl halides is 2. The number of aromatic nitrogens is 2. The zero-order valence-corrected chi connectivity index (χ0v) is 19.5. The van der Waals surface area contributed by atoms with E-state index in [2.05, 4.69) is 15.0 Å². The number of rotatable bonds is 7. The molecule has 3 aromatic carbocycles. The summed E-state index contributed by atoms with van der Waals surface area (Å²) in [7, 11) is 1.57. The Balaban J connectivity index is 1.50. The Morgan fingerprint density at radius 2 is 1.75 bits per heavy atom. The zero-order chi connectivity index (χ0) is 25.2. The molecular formula is C26H18ClF2N3O4. The lowest BCUT2D eigenvalue weighted by molar-refractivity contribution is -0.0498. The van der Waals surface area contributed by atoms with E-state index in [1.165, 1.54) is 24.3 Å². The van der Waals surface area contributed by atoms with Crippen LogP contribution in [0.25, 0.3) is 28.1 Å². The number of nitrogens with one attached hydrogen (secondary N) is 1. The molecule has 0 saturated carbocycles. The van der Waals surface area contributed by atoms with Crippen LogP contribution in [0.3, 0.4) is 0 Å². The predicted octanol–water partition coefficient (Wildman–Crippen LogP) is 6.80. The lowest BCUT2D eigenvalue weighted by Gasteiger charge is -2.10. The van der Waals surface area contributed by atoms with Crippen molar-refractivity contribution >= 4 is 34.4 Å². The van der Waals surface area contributed by atoms with Crippen molar-refractivity contribution in [3.8, 4) is 28.6 Å². The molecule has 0 aliphatic rings. The van der Waals surface area contributed by atoms with Crippen molar-refractivity contribution in [2.75, 3.05) is 12.4 Å². The van der Waals surface area contributed by atoms with Gasteiger partial charge in [0.2, 0.25) is 5.95 Å². The molecule has 0 aliphatic heterocycles. The molecule has 0 unspecified atom stereocenters. The number of hydrogen-bond donors (Lipinski definition) is 1. The second-order valence-corrected chi connectivity index (χ2v) is 8.10. The molecule has 0 radical (unpaired) electrons. The fourth-order valence-corrected chi connectivity index (χ4v) is 3.81. The van der Waals surface area contributed by atoms with E-state index < -0.39 is 12.5 Å². The standard InChI is InChI=1S/C26H18ClF2N3O4/c1-34-19-9-5-18(6-10-19)32-14-21(23-13-16-12-17(27)4-11-22(16)36-23)30-26(32)31-24(33)15-2-7-20(8-3-15)35-25(28)29/h2-14,25H,1H3,(H,30,31,33). The fourth-order valence-electron chi connectivity index (χ4n) is 3.63. The molecule has 182 valence electrons. The minimum atomic E-state index is -2.95. The Bertz CT molecular complexity index is 1530. The van der Waals surface area contributed by atoms with E-state index in [0.29, 0.717) is 33.5 Å². The molecule has 0 atom stereocenters. The number of hydrogen-bond acceptors (Lipinski definition) is 5. The lowest BCUT2D eigenvalue weighted by atomic mass is 10.2. The van der Waals surface area contributed by atoms with E-state index in [4.69, 9.17) is 20.8 Å². The smallest absolute Gasteiger partial charge is 0.387 e. The van der Waals surface area contributed by atoms with Gasteiger partial charge in [0.1, 0.15) is 22.8 Å². The number of benzene rings is 3. The van der Waals surface area contributed by atoms with Gasteiger partial charge in [0.15, 0.2) is 5.76 Å². The summed E-state index contributed by atoms with van der Waals surface area (Å²) >= 11 is 6.09. The van der Waals surface area contributed by atoms with E-state index in [9.17, 15) is 13.6 Å². The molecule has 0 aliphatic carbocycles. The summed E-state index contributed by atoms with van der Waals surface area (Å²) in [6.45, 7) is -2.95. The summed E-state index contributed by atoms with van der Waals surface area (Å²) in [5, 5.41) is 4.17. The second-order valence-electron chi connectivity index (χ2n) is 7.67. The van der Waals surface area contributed by atoms with Crippen molar-refractivity contribution in [1.82, 2.24) is 9.55 Å². The number of halogens is 3. The van der Waals surface area contributed by atoms with Crippen LogP contribution in [0.4, 0.5) is 14.7 Å². The Morgan fingerprint density at radius 1 is 1.03 bits per heavy atom. The van der Waals surface area contributed by atoms with Gasteiger partial charge in [0, 0.05) is 27.9 Å². The molecule has 1 amide bonds. The van der Waals surface area contributed by atoms with E-state index in [0.717, 1.165) is 5.39 Å². The minimum absolute atomic E-state index is 0.0476. The van der Waals surface area contributed by atoms with Crippen LogP contribution in [0, 0.1) is 0 Å². The molecular weight excluding hydrogens is 492 g/mol. The van der Waals surface area contributed by atoms with Crippen LogP contribution >= 0.6 is 11.6 Å². The van der Waals surface area contributed by atoms with Gasteiger partial charge in [0.05, 0.1) is 7.11 Å². The van der Waals surface area contributed by atoms with E-state index in [1.54, 1.807) is 48.2 Å². The molecule has 0 bridgehead atoms. The number of carbonyl (C=O) groups is 1. The number of carbonyl (C=O) groups excluding carboxylic acids is 1. The minimum Gasteiger partial charge on any atom is -0.497 e. The third-order valence-corrected chi connectivity index (χ3v) is 5.59. The number of furan rings is 1. The third kappa shape index (κ3) is 4.87. The largest absolute Gasteiger partial charge is 0.497 e. The third-order valence-electron chi connectivity index (χ3n) is 5.35. The Kier molecular flexibility index (Phi) is 6.30. The van der Waals surface area contributed by atoms with Gasteiger partial charge < -0.3 is 13.9 Å². The van der Waals surface area contributed by atoms with Crippen LogP contribution < -0.4 is 14.8 Å². The molecule has 1 N–H and O–H groups in total. The van der Waals surface area contributed by atoms with Crippen LogP contribution in [-0.2, 0) is 0 Å². The molecule has 0 fully saturated rings. The van der Waals surface area contributed by atoms with E-state index in [-0.39, 0.29) is 17.3 Å². The maximum absolute atomic E-state index is 12.9. The average Bonchev–Trinajstić information content (AvgIpc) is 3.48. The SMILES string of the molecule is COc1ccc(-n2cc(-c3cc4cc(Cl)ccc4o3)nc2NC(=O)c2ccc(OC(F)F)cc2)cc1. The Hall–Kier alpha value is -4.37. The lowest BCUT2D eigenvalue weighted by Crippen LogP contribution is -2.15. The van der Waals surface area contributed by atoms with Crippen LogP contribution in [0.2, 0.25) is 5.02 Å². The predicted molar refractivity (Wildman–Crippen MR) is 131 cm³/mol. The van der Waals surface area contributed by atoms with Gasteiger partial charge >= 0.3 is 6.61 Å². The van der Waals surface area contributed by atoms with Gasteiger partial charge in [-0.25, -0.2) is 4.98 Å². The van der Waals surface area contributed by atoms with Gasteiger partial charge in [-0.05, 0) is 72.8 Å². The summed E-state index contributed by atoms with van der Waals surface area (Å²) in [6.07, 6.45) is 1.73. The van der Waals surface area contributed by atoms with Gasteiger partial charge in [0.25, 0.3) is 5.91 Å². The maximum Gasteiger partial charge on any atom is 0.387 e. The van der Waals surface area contributed by atoms with Crippen molar-refractivity contribution in [3.05, 3.63) is 89.6 Å². The molecule has 0 spiro atoms. The van der Waals surface area contributed by atoms with Gasteiger partial charge in [-0.3, -0.25) is 14.7 Å². The second kappa shape index (κ2) is 9.71. The highest BCUT2D eigenvalue weighted by atomic mass is 35.5. The maximum atomic E-state index is 12.9. The van der Waals surface area contributed by atoms with Gasteiger partial charge in [-0.1, -0.05) is 11.6 Å².